The van der Waals surface area contributed by atoms with Gasteiger partial charge in [-0.1, -0.05) is 11.3 Å². The Kier molecular flexibility index (Phi) is 5.95. The van der Waals surface area contributed by atoms with Crippen LogP contribution in [0, 0.1) is 0 Å². The summed E-state index contributed by atoms with van der Waals surface area (Å²) in [6, 6.07) is 6.99. The molecule has 0 spiro atoms. The van der Waals surface area contributed by atoms with Gasteiger partial charge in [0.15, 0.2) is 0 Å². The molecule has 1 saturated heterocycles. The summed E-state index contributed by atoms with van der Waals surface area (Å²) in [5.41, 5.74) is 3.69. The van der Waals surface area contributed by atoms with Crippen LogP contribution in [0.1, 0.15) is 20.3 Å². The highest BCUT2D eigenvalue weighted by molar-refractivity contribution is 5.89. The van der Waals surface area contributed by atoms with E-state index in [9.17, 15) is 13.6 Å². The molecule has 0 aliphatic carbocycles. The molecule has 1 aliphatic heterocycles. The topological polar surface area (TPSA) is 102 Å². The van der Waals surface area contributed by atoms with Crippen molar-refractivity contribution in [2.75, 3.05) is 25.5 Å². The first kappa shape index (κ1) is 22.9. The zero-order valence-electron chi connectivity index (χ0n) is 19.7. The molecule has 0 radical (unpaired) electrons. The Hall–Kier alpha value is -3.83. The van der Waals surface area contributed by atoms with E-state index in [1.165, 1.54) is 25.9 Å². The number of aromatic nitrogens is 6. The lowest BCUT2D eigenvalue weighted by molar-refractivity contribution is -0.131. The number of ether oxygens (including phenoxy) is 1. The molecule has 4 aromatic rings. The number of alkyl halides is 2. The number of methoxy groups -OCH3 is 1. The summed E-state index contributed by atoms with van der Waals surface area (Å²) in [6.45, 7) is 3.53. The molecule has 1 fully saturated rings. The minimum Gasteiger partial charge on any atom is -0.479 e. The van der Waals surface area contributed by atoms with Crippen LogP contribution in [-0.4, -0.2) is 79.0 Å². The van der Waals surface area contributed by atoms with Crippen molar-refractivity contribution in [3.8, 4) is 17.0 Å². The molecule has 1 aliphatic rings. The second-order valence-electron chi connectivity index (χ2n) is 8.74. The summed E-state index contributed by atoms with van der Waals surface area (Å²) in [5, 5.41) is 15.7. The van der Waals surface area contributed by atoms with Crippen LogP contribution in [-0.2, 0) is 11.3 Å². The molecule has 4 heterocycles. The summed E-state index contributed by atoms with van der Waals surface area (Å²) in [7, 11) is 1.51. The maximum atomic E-state index is 14.7. The molecule has 3 aromatic heterocycles. The number of halogens is 2. The molecule has 35 heavy (non-hydrogen) atoms. The largest absolute Gasteiger partial charge is 0.479 e. The normalized spacial score (nSPS) is 19.3. The van der Waals surface area contributed by atoms with Crippen LogP contribution in [0.15, 0.2) is 30.5 Å². The van der Waals surface area contributed by atoms with E-state index in [0.29, 0.717) is 29.9 Å². The maximum Gasteiger partial charge on any atom is 0.244 e. The molecule has 0 bridgehead atoms. The molecule has 10 nitrogen and oxygen atoms in total. The number of benzene rings is 1. The van der Waals surface area contributed by atoms with Crippen molar-refractivity contribution in [3.05, 3.63) is 30.5 Å². The fourth-order valence-corrected chi connectivity index (χ4v) is 4.45. The monoisotopic (exact) mass is 484 g/mol. The number of hydrogen-bond acceptors (Lipinski definition) is 7. The molecule has 1 N–H and O–H groups in total. The number of fused-ring (bicyclic) bond motifs is 2. The molecular weight excluding hydrogens is 458 g/mol. The quantitative estimate of drug-likeness (QED) is 0.449. The number of piperidine rings is 1. The number of nitrogens with zero attached hydrogens (tertiary/aromatic N) is 7. The van der Waals surface area contributed by atoms with E-state index < -0.39 is 18.4 Å². The van der Waals surface area contributed by atoms with E-state index in [4.69, 9.17) is 4.74 Å². The number of nitrogens with one attached hydrogen (secondary N) is 1. The van der Waals surface area contributed by atoms with Crippen molar-refractivity contribution in [2.24, 2.45) is 0 Å². The Balaban J connectivity index is 1.47. The third kappa shape index (κ3) is 4.35. The molecule has 5 rings (SSSR count). The fourth-order valence-electron chi connectivity index (χ4n) is 4.45. The molecule has 3 atom stereocenters. The van der Waals surface area contributed by atoms with Gasteiger partial charge in [0.05, 0.1) is 31.8 Å². The lowest BCUT2D eigenvalue weighted by atomic mass is 10.0. The highest BCUT2D eigenvalue weighted by Gasteiger charge is 2.31. The average Bonchev–Trinajstić information content (AvgIpc) is 3.43. The number of amides is 1. The first-order valence-electron chi connectivity index (χ1n) is 11.4. The summed E-state index contributed by atoms with van der Waals surface area (Å²) in [6.07, 6.45) is -0.0812. The highest BCUT2D eigenvalue weighted by atomic mass is 19.1. The Labute approximate surface area is 199 Å². The summed E-state index contributed by atoms with van der Waals surface area (Å²) in [4.78, 5) is 17.5. The fraction of sp³-hybridized carbons (Fsp3) is 0.435. The average molecular weight is 485 g/mol. The summed E-state index contributed by atoms with van der Waals surface area (Å²) < 4.78 is 37.0. The third-order valence-corrected chi connectivity index (χ3v) is 6.22. The summed E-state index contributed by atoms with van der Waals surface area (Å²) >= 11 is 0. The minimum absolute atomic E-state index is 0.0369. The van der Waals surface area contributed by atoms with E-state index in [0.717, 1.165) is 16.6 Å². The number of likely N-dealkylation sites (tertiary alicyclic amines) is 1. The van der Waals surface area contributed by atoms with E-state index in [2.05, 4.69) is 25.7 Å². The van der Waals surface area contributed by atoms with Gasteiger partial charge in [-0.25, -0.2) is 18.0 Å². The van der Waals surface area contributed by atoms with E-state index in [1.807, 2.05) is 24.3 Å². The minimum atomic E-state index is -1.24. The third-order valence-electron chi connectivity index (χ3n) is 6.22. The van der Waals surface area contributed by atoms with Gasteiger partial charge in [-0.05, 0) is 37.1 Å². The van der Waals surface area contributed by atoms with Crippen molar-refractivity contribution < 1.29 is 18.3 Å². The zero-order valence-corrected chi connectivity index (χ0v) is 19.7. The van der Waals surface area contributed by atoms with Crippen molar-refractivity contribution in [3.63, 3.8) is 0 Å². The lowest BCUT2D eigenvalue weighted by Crippen LogP contribution is -2.49. The molecule has 0 saturated carbocycles. The van der Waals surface area contributed by atoms with Crippen LogP contribution in [0.25, 0.3) is 27.7 Å². The Morgan fingerprint density at radius 3 is 2.89 bits per heavy atom. The van der Waals surface area contributed by atoms with Crippen LogP contribution in [0.3, 0.4) is 0 Å². The predicted molar refractivity (Wildman–Crippen MR) is 126 cm³/mol. The highest BCUT2D eigenvalue weighted by Crippen LogP contribution is 2.33. The second-order valence-corrected chi connectivity index (χ2v) is 8.74. The Bertz CT molecular complexity index is 1380. The first-order chi connectivity index (χ1) is 16.8. The standard InChI is InChI=1S/C23H26F2N8O2/c1-13(24)11-33-20-10-15(4-5-19(20)28-30-33)16-6-9-32-21(16)22(35-3)27-23(29-32)26-18-7-8-31(14(2)34)12-17(18)25/h4-6,9-10,13,17-18H,7-8,11-12H2,1-3H3,(H,26,29)/t13-,17-,18+/m1/s1. The lowest BCUT2D eigenvalue weighted by Gasteiger charge is -2.34. The Morgan fingerprint density at radius 2 is 2.17 bits per heavy atom. The Morgan fingerprint density at radius 1 is 1.34 bits per heavy atom. The van der Waals surface area contributed by atoms with Crippen molar-refractivity contribution in [1.82, 2.24) is 34.5 Å². The summed E-state index contributed by atoms with van der Waals surface area (Å²) in [5.74, 6) is 0.416. The predicted octanol–water partition coefficient (Wildman–Crippen LogP) is 2.88. The van der Waals surface area contributed by atoms with Crippen molar-refractivity contribution in [1.29, 1.82) is 0 Å². The van der Waals surface area contributed by atoms with Gasteiger partial charge in [0.25, 0.3) is 0 Å². The van der Waals surface area contributed by atoms with E-state index in [1.54, 1.807) is 15.4 Å². The van der Waals surface area contributed by atoms with Gasteiger partial charge in [0.1, 0.15) is 23.4 Å². The number of anilines is 1. The maximum absolute atomic E-state index is 14.7. The van der Waals surface area contributed by atoms with Crippen LogP contribution in [0.4, 0.5) is 14.7 Å². The molecule has 1 aromatic carbocycles. The van der Waals surface area contributed by atoms with Gasteiger partial charge in [0.2, 0.25) is 17.7 Å². The van der Waals surface area contributed by atoms with Gasteiger partial charge in [-0.2, -0.15) is 4.98 Å². The molecule has 184 valence electrons. The van der Waals surface area contributed by atoms with Crippen LogP contribution >= 0.6 is 0 Å². The van der Waals surface area contributed by atoms with Gasteiger partial charge in [-0.3, -0.25) is 4.79 Å². The number of rotatable bonds is 6. The van der Waals surface area contributed by atoms with Crippen molar-refractivity contribution in [2.45, 2.75) is 45.2 Å². The van der Waals surface area contributed by atoms with E-state index in [-0.39, 0.29) is 24.9 Å². The smallest absolute Gasteiger partial charge is 0.244 e. The van der Waals surface area contributed by atoms with Gasteiger partial charge in [0, 0.05) is 25.2 Å². The molecule has 0 unspecified atom stereocenters. The van der Waals surface area contributed by atoms with Gasteiger partial charge in [-0.15, -0.1) is 10.2 Å². The van der Waals surface area contributed by atoms with E-state index >= 15 is 0 Å². The van der Waals surface area contributed by atoms with Crippen LogP contribution < -0.4 is 10.1 Å². The number of carbonyl (C=O) groups is 1. The zero-order chi connectivity index (χ0) is 24.7. The van der Waals surface area contributed by atoms with Gasteiger partial charge < -0.3 is 15.0 Å². The van der Waals surface area contributed by atoms with Crippen molar-refractivity contribution >= 4 is 28.4 Å². The molecule has 1 amide bonds. The first-order valence-corrected chi connectivity index (χ1v) is 11.4. The van der Waals surface area contributed by atoms with Crippen LogP contribution in [0.2, 0.25) is 0 Å². The number of carbonyl (C=O) groups excluding carboxylic acids is 1. The molecule has 12 heteroatoms. The second kappa shape index (κ2) is 9.08. The number of hydrogen-bond donors (Lipinski definition) is 1. The SMILES string of the molecule is COc1nc(N[C@H]2CCN(C(C)=O)C[C@H]2F)nn2ccc(-c3ccc4nnn(C[C@@H](C)F)c4c3)c12. The van der Waals surface area contributed by atoms with Gasteiger partial charge >= 0.3 is 0 Å². The van der Waals surface area contributed by atoms with Crippen LogP contribution in [0.5, 0.6) is 5.88 Å². The molecular formula is C23H26F2N8O2.